The van der Waals surface area contributed by atoms with Crippen molar-refractivity contribution in [3.05, 3.63) is 35.9 Å². The van der Waals surface area contributed by atoms with Gasteiger partial charge in [-0.2, -0.15) is 0 Å². The lowest BCUT2D eigenvalue weighted by Crippen LogP contribution is -2.60. The van der Waals surface area contributed by atoms with E-state index in [9.17, 15) is 0 Å². The fourth-order valence-corrected chi connectivity index (χ4v) is 3.87. The third kappa shape index (κ3) is 2.77. The van der Waals surface area contributed by atoms with Gasteiger partial charge in [0.1, 0.15) is 0 Å². The molecule has 2 atom stereocenters. The Balaban J connectivity index is 1.73. The van der Waals surface area contributed by atoms with Crippen molar-refractivity contribution in [3.8, 4) is 0 Å². The molecule has 20 heavy (non-hydrogen) atoms. The first-order valence-electron chi connectivity index (χ1n) is 8.19. The summed E-state index contributed by atoms with van der Waals surface area (Å²) in [5, 5.41) is 3.77. The molecule has 1 aliphatic heterocycles. The van der Waals surface area contributed by atoms with Gasteiger partial charge in [0, 0.05) is 31.2 Å². The topological polar surface area (TPSA) is 15.3 Å². The summed E-state index contributed by atoms with van der Waals surface area (Å²) in [4.78, 5) is 2.80. The molecule has 110 valence electrons. The van der Waals surface area contributed by atoms with Gasteiger partial charge in [-0.25, -0.2) is 0 Å². The van der Waals surface area contributed by atoms with Gasteiger partial charge in [-0.3, -0.25) is 4.90 Å². The number of benzene rings is 1. The Labute approximate surface area is 123 Å². The summed E-state index contributed by atoms with van der Waals surface area (Å²) >= 11 is 0. The molecule has 1 aliphatic carbocycles. The Kier molecular flexibility index (Phi) is 4.13. The summed E-state index contributed by atoms with van der Waals surface area (Å²) in [7, 11) is 0. The maximum Gasteiger partial charge on any atom is 0.0450 e. The van der Waals surface area contributed by atoms with Gasteiger partial charge in [0.25, 0.3) is 0 Å². The van der Waals surface area contributed by atoms with Crippen molar-refractivity contribution in [2.75, 3.05) is 13.1 Å². The second-order valence-corrected chi connectivity index (χ2v) is 7.11. The molecule has 2 fully saturated rings. The molecular formula is C18H28N2. The number of hydrogen-bond acceptors (Lipinski definition) is 2. The van der Waals surface area contributed by atoms with E-state index in [0.29, 0.717) is 12.1 Å². The van der Waals surface area contributed by atoms with Crippen molar-refractivity contribution >= 4 is 0 Å². The summed E-state index contributed by atoms with van der Waals surface area (Å²) in [6, 6.07) is 13.0. The number of rotatable bonds is 3. The quantitative estimate of drug-likeness (QED) is 0.906. The largest absolute Gasteiger partial charge is 0.307 e. The summed E-state index contributed by atoms with van der Waals surface area (Å²) in [5.74, 6) is 1.66. The highest BCUT2D eigenvalue weighted by atomic mass is 15.3. The summed E-state index contributed by atoms with van der Waals surface area (Å²) in [6.45, 7) is 9.42. The van der Waals surface area contributed by atoms with Gasteiger partial charge in [0.2, 0.25) is 0 Å². The minimum Gasteiger partial charge on any atom is -0.307 e. The molecule has 0 spiro atoms. The molecule has 0 aromatic heterocycles. The Morgan fingerprint density at radius 1 is 1.15 bits per heavy atom. The fraction of sp³-hybridized carbons (Fsp3) is 0.667. The average molecular weight is 272 g/mol. The minimum absolute atomic E-state index is 0.502. The smallest absolute Gasteiger partial charge is 0.0450 e. The van der Waals surface area contributed by atoms with Crippen LogP contribution in [-0.2, 0) is 0 Å². The van der Waals surface area contributed by atoms with E-state index >= 15 is 0 Å². The fourth-order valence-electron chi connectivity index (χ4n) is 3.87. The Bertz CT molecular complexity index is 422. The van der Waals surface area contributed by atoms with Gasteiger partial charge in [0.15, 0.2) is 0 Å². The lowest BCUT2D eigenvalue weighted by molar-refractivity contribution is 0.000819. The van der Waals surface area contributed by atoms with Gasteiger partial charge in [0.05, 0.1) is 0 Å². The van der Waals surface area contributed by atoms with Crippen LogP contribution in [0.25, 0.3) is 0 Å². The molecule has 3 rings (SSSR count). The molecule has 1 N–H and O–H groups in total. The summed E-state index contributed by atoms with van der Waals surface area (Å²) in [5.41, 5.74) is 1.44. The average Bonchev–Trinajstić information content (AvgIpc) is 2.44. The molecule has 2 nitrogen and oxygen atoms in total. The molecule has 1 aromatic carbocycles. The molecule has 0 radical (unpaired) electrons. The van der Waals surface area contributed by atoms with Crippen LogP contribution in [0.5, 0.6) is 0 Å². The zero-order valence-corrected chi connectivity index (χ0v) is 13.0. The van der Waals surface area contributed by atoms with Crippen LogP contribution in [0.2, 0.25) is 0 Å². The highest BCUT2D eigenvalue weighted by Crippen LogP contribution is 2.36. The number of nitrogens with zero attached hydrogens (tertiary/aromatic N) is 1. The first-order chi connectivity index (χ1) is 9.65. The lowest BCUT2D eigenvalue weighted by atomic mass is 9.78. The van der Waals surface area contributed by atoms with E-state index in [2.05, 4.69) is 61.3 Å². The zero-order chi connectivity index (χ0) is 14.1. The predicted octanol–water partition coefficient (Wildman–Crippen LogP) is 3.46. The van der Waals surface area contributed by atoms with Crippen LogP contribution >= 0.6 is 0 Å². The van der Waals surface area contributed by atoms with Crippen LogP contribution < -0.4 is 5.32 Å². The molecule has 2 unspecified atom stereocenters. The van der Waals surface area contributed by atoms with Crippen LogP contribution in [-0.4, -0.2) is 30.1 Å². The molecule has 0 amide bonds. The first-order valence-corrected chi connectivity index (χ1v) is 8.19. The monoisotopic (exact) mass is 272 g/mol. The van der Waals surface area contributed by atoms with E-state index < -0.39 is 0 Å². The number of nitrogens with one attached hydrogen (secondary N) is 1. The predicted molar refractivity (Wildman–Crippen MR) is 84.7 cm³/mol. The first kappa shape index (κ1) is 14.1. The highest BCUT2D eigenvalue weighted by molar-refractivity contribution is 5.20. The van der Waals surface area contributed by atoms with E-state index in [1.54, 1.807) is 0 Å². The van der Waals surface area contributed by atoms with Gasteiger partial charge in [-0.05, 0) is 30.2 Å². The van der Waals surface area contributed by atoms with E-state index in [1.165, 1.54) is 24.9 Å². The van der Waals surface area contributed by atoms with Crippen molar-refractivity contribution in [3.63, 3.8) is 0 Å². The molecule has 1 aromatic rings. The molecule has 1 saturated carbocycles. The molecule has 1 heterocycles. The van der Waals surface area contributed by atoms with Crippen molar-refractivity contribution < 1.29 is 0 Å². The molecule has 2 heteroatoms. The van der Waals surface area contributed by atoms with Crippen LogP contribution in [0, 0.1) is 11.8 Å². The summed E-state index contributed by atoms with van der Waals surface area (Å²) in [6.07, 6.45) is 2.79. The van der Waals surface area contributed by atoms with Crippen molar-refractivity contribution in [1.29, 1.82) is 0 Å². The summed E-state index contributed by atoms with van der Waals surface area (Å²) < 4.78 is 0. The van der Waals surface area contributed by atoms with Gasteiger partial charge in [-0.1, -0.05) is 51.1 Å². The molecular weight excluding hydrogens is 244 g/mol. The van der Waals surface area contributed by atoms with Crippen molar-refractivity contribution in [2.45, 2.75) is 51.7 Å². The number of piperazine rings is 1. The van der Waals surface area contributed by atoms with E-state index in [1.807, 2.05) is 0 Å². The van der Waals surface area contributed by atoms with E-state index in [0.717, 1.165) is 24.4 Å². The van der Waals surface area contributed by atoms with Crippen LogP contribution in [0.4, 0.5) is 0 Å². The van der Waals surface area contributed by atoms with Gasteiger partial charge >= 0.3 is 0 Å². The van der Waals surface area contributed by atoms with E-state index in [4.69, 9.17) is 0 Å². The van der Waals surface area contributed by atoms with Crippen LogP contribution in [0.3, 0.4) is 0 Å². The minimum atomic E-state index is 0.502. The van der Waals surface area contributed by atoms with Gasteiger partial charge in [-0.15, -0.1) is 0 Å². The third-order valence-electron chi connectivity index (χ3n) is 5.18. The van der Waals surface area contributed by atoms with Crippen LogP contribution in [0.15, 0.2) is 30.3 Å². The normalized spacial score (nSPS) is 35.0. The molecule has 2 aliphatic rings. The number of hydrogen-bond donors (Lipinski definition) is 1. The standard InChI is InChI=1S/C18H28N2/c1-13(2)18-11-19-17(15-7-5-4-6-8-15)12-20(18)16-9-14(3)10-16/h4-8,13-14,16-19H,9-12H2,1-3H3. The molecule has 0 bridgehead atoms. The Morgan fingerprint density at radius 3 is 2.45 bits per heavy atom. The lowest BCUT2D eigenvalue weighted by Gasteiger charge is -2.51. The van der Waals surface area contributed by atoms with Crippen molar-refractivity contribution in [2.24, 2.45) is 11.8 Å². The van der Waals surface area contributed by atoms with Crippen molar-refractivity contribution in [1.82, 2.24) is 10.2 Å². The maximum absolute atomic E-state index is 3.77. The Hall–Kier alpha value is -0.860. The highest BCUT2D eigenvalue weighted by Gasteiger charge is 2.39. The maximum atomic E-state index is 3.77. The molecule has 1 saturated heterocycles. The van der Waals surface area contributed by atoms with Crippen LogP contribution in [0.1, 0.15) is 45.2 Å². The van der Waals surface area contributed by atoms with Gasteiger partial charge < -0.3 is 5.32 Å². The van der Waals surface area contributed by atoms with E-state index in [-0.39, 0.29) is 0 Å². The Morgan fingerprint density at radius 2 is 1.85 bits per heavy atom. The third-order valence-corrected chi connectivity index (χ3v) is 5.18. The second kappa shape index (κ2) is 5.87. The SMILES string of the molecule is CC1CC(N2CC(c3ccccc3)NCC2C(C)C)C1. The zero-order valence-electron chi connectivity index (χ0n) is 13.0. The second-order valence-electron chi connectivity index (χ2n) is 7.11.